The van der Waals surface area contributed by atoms with E-state index < -0.39 is 0 Å². The van der Waals surface area contributed by atoms with Crippen LogP contribution in [0.15, 0.2) is 101 Å². The maximum atomic E-state index is 13.7. The molecular weight excluding hydrogens is 488 g/mol. The molecule has 0 N–H and O–H groups in total. The maximum absolute atomic E-state index is 13.7. The molecule has 1 aliphatic rings. The predicted octanol–water partition coefficient (Wildman–Crippen LogP) is 8.17. The second-order valence-electron chi connectivity index (χ2n) is 9.43. The van der Waals surface area contributed by atoms with Crippen LogP contribution in [0.5, 0.6) is 5.75 Å². The number of amides is 1. The zero-order chi connectivity index (χ0) is 26.3. The zero-order valence-electron chi connectivity index (χ0n) is 21.9. The number of ether oxygens (including phenoxy) is 1. The van der Waals surface area contributed by atoms with Gasteiger partial charge in [0.15, 0.2) is 5.17 Å². The third kappa shape index (κ3) is 6.00. The normalized spacial score (nSPS) is 15.6. The highest BCUT2D eigenvalue weighted by Gasteiger charge is 2.33. The average molecular weight is 521 g/mol. The number of nitrogens with zero attached hydrogens (tertiary/aromatic N) is 2. The molecular formula is C33H32N2O2S. The number of fused-ring (bicyclic) bond motifs is 1. The standard InChI is InChI=1S/C33H32N2O2S/c1-3-4-22-37-30-19-16-26(28-12-8-9-13-29(28)30)23-31-32(36)35(21-20-25-10-6-5-7-11-25)33(38-31)34-27-17-14-24(2)15-18-27/h5-19,23H,3-4,20-22H2,1-2H3/b31-23+,34-33?. The molecule has 0 aromatic heterocycles. The summed E-state index contributed by atoms with van der Waals surface area (Å²) < 4.78 is 6.07. The van der Waals surface area contributed by atoms with Crippen molar-refractivity contribution in [2.45, 2.75) is 33.1 Å². The van der Waals surface area contributed by atoms with Gasteiger partial charge in [-0.15, -0.1) is 0 Å². The topological polar surface area (TPSA) is 41.9 Å². The van der Waals surface area contributed by atoms with Crippen LogP contribution in [0.2, 0.25) is 0 Å². The monoisotopic (exact) mass is 520 g/mol. The molecule has 0 bridgehead atoms. The number of benzene rings is 4. The fourth-order valence-corrected chi connectivity index (χ4v) is 5.43. The van der Waals surface area contributed by atoms with Crippen molar-refractivity contribution >= 4 is 45.4 Å². The third-order valence-electron chi connectivity index (χ3n) is 6.57. The van der Waals surface area contributed by atoms with Crippen LogP contribution in [0, 0.1) is 6.92 Å². The molecule has 0 radical (unpaired) electrons. The van der Waals surface area contributed by atoms with Crippen LogP contribution < -0.4 is 4.74 Å². The first kappa shape index (κ1) is 25.8. The molecule has 0 unspecified atom stereocenters. The van der Waals surface area contributed by atoms with Crippen LogP contribution in [-0.2, 0) is 11.2 Å². The van der Waals surface area contributed by atoms with Gasteiger partial charge in [-0.3, -0.25) is 9.69 Å². The smallest absolute Gasteiger partial charge is 0.266 e. The van der Waals surface area contributed by atoms with Gasteiger partial charge in [0.05, 0.1) is 17.2 Å². The molecule has 1 fully saturated rings. The number of carbonyl (C=O) groups is 1. The van der Waals surface area contributed by atoms with Crippen LogP contribution in [0.25, 0.3) is 16.8 Å². The van der Waals surface area contributed by atoms with Crippen molar-refractivity contribution in [2.75, 3.05) is 13.2 Å². The number of hydrogen-bond acceptors (Lipinski definition) is 4. The summed E-state index contributed by atoms with van der Waals surface area (Å²) in [7, 11) is 0. The fraction of sp³-hybridized carbons (Fsp3) is 0.212. The van der Waals surface area contributed by atoms with E-state index in [4.69, 9.17) is 9.73 Å². The molecule has 4 nitrogen and oxygen atoms in total. The molecule has 192 valence electrons. The highest BCUT2D eigenvalue weighted by atomic mass is 32.2. The van der Waals surface area contributed by atoms with E-state index in [9.17, 15) is 4.79 Å². The molecule has 1 amide bonds. The van der Waals surface area contributed by atoms with Crippen molar-refractivity contribution in [1.29, 1.82) is 0 Å². The van der Waals surface area contributed by atoms with E-state index in [0.717, 1.165) is 47.0 Å². The highest BCUT2D eigenvalue weighted by molar-refractivity contribution is 8.18. The first-order valence-electron chi connectivity index (χ1n) is 13.2. The largest absolute Gasteiger partial charge is 0.493 e. The molecule has 1 heterocycles. The SMILES string of the molecule is CCCCOc1ccc(/C=C2/SC(=Nc3ccc(C)cc3)N(CCc3ccccc3)C2=O)c2ccccc12. The number of thioether (sulfide) groups is 1. The second kappa shape index (κ2) is 12.1. The van der Waals surface area contributed by atoms with Gasteiger partial charge in [-0.05, 0) is 72.3 Å². The molecule has 0 spiro atoms. The molecule has 5 rings (SSSR count). The summed E-state index contributed by atoms with van der Waals surface area (Å²) in [4.78, 5) is 21.1. The second-order valence-corrected chi connectivity index (χ2v) is 10.4. The van der Waals surface area contributed by atoms with E-state index in [1.54, 1.807) is 0 Å². The van der Waals surface area contributed by atoms with Gasteiger partial charge >= 0.3 is 0 Å². The lowest BCUT2D eigenvalue weighted by molar-refractivity contribution is -0.122. The first-order valence-corrected chi connectivity index (χ1v) is 14.0. The van der Waals surface area contributed by atoms with Crippen LogP contribution in [0.3, 0.4) is 0 Å². The number of aliphatic imine (C=N–C) groups is 1. The third-order valence-corrected chi connectivity index (χ3v) is 7.58. The number of unbranched alkanes of at least 4 members (excludes halogenated alkanes) is 1. The fourth-order valence-electron chi connectivity index (χ4n) is 4.42. The minimum Gasteiger partial charge on any atom is -0.493 e. The van der Waals surface area contributed by atoms with E-state index in [1.165, 1.54) is 22.9 Å². The summed E-state index contributed by atoms with van der Waals surface area (Å²) in [6.45, 7) is 5.49. The Morgan fingerprint density at radius 1 is 0.895 bits per heavy atom. The van der Waals surface area contributed by atoms with Crippen LogP contribution in [-0.4, -0.2) is 29.1 Å². The molecule has 0 saturated carbocycles. The van der Waals surface area contributed by atoms with E-state index in [-0.39, 0.29) is 5.91 Å². The summed E-state index contributed by atoms with van der Waals surface area (Å²) in [5.41, 5.74) is 4.22. The van der Waals surface area contributed by atoms with Crippen molar-refractivity contribution in [1.82, 2.24) is 4.90 Å². The van der Waals surface area contributed by atoms with Gasteiger partial charge in [0.1, 0.15) is 5.75 Å². The van der Waals surface area contributed by atoms with Gasteiger partial charge in [0.2, 0.25) is 0 Å². The zero-order valence-corrected chi connectivity index (χ0v) is 22.7. The number of amidine groups is 1. The Morgan fingerprint density at radius 2 is 1.63 bits per heavy atom. The lowest BCUT2D eigenvalue weighted by Gasteiger charge is -2.15. The van der Waals surface area contributed by atoms with Gasteiger partial charge in [-0.1, -0.05) is 91.7 Å². The minimum atomic E-state index is -0.0100. The van der Waals surface area contributed by atoms with Crippen molar-refractivity contribution in [2.24, 2.45) is 4.99 Å². The lowest BCUT2D eigenvalue weighted by Crippen LogP contribution is -2.31. The molecule has 4 aromatic carbocycles. The van der Waals surface area contributed by atoms with Gasteiger partial charge in [0, 0.05) is 11.9 Å². The Morgan fingerprint density at radius 3 is 2.39 bits per heavy atom. The Kier molecular flexibility index (Phi) is 8.25. The van der Waals surface area contributed by atoms with Gasteiger partial charge in [0.25, 0.3) is 5.91 Å². The Balaban J connectivity index is 1.48. The molecule has 1 aliphatic heterocycles. The summed E-state index contributed by atoms with van der Waals surface area (Å²) in [6.07, 6.45) is 4.88. The minimum absolute atomic E-state index is 0.0100. The summed E-state index contributed by atoms with van der Waals surface area (Å²) in [6, 6.07) is 30.6. The summed E-state index contributed by atoms with van der Waals surface area (Å²) >= 11 is 1.44. The molecule has 4 aromatic rings. The Bertz CT molecular complexity index is 1480. The highest BCUT2D eigenvalue weighted by Crippen LogP contribution is 2.37. The number of aryl methyl sites for hydroxylation is 1. The molecule has 0 atom stereocenters. The van der Waals surface area contributed by atoms with E-state index in [0.29, 0.717) is 23.2 Å². The number of rotatable bonds is 9. The maximum Gasteiger partial charge on any atom is 0.266 e. The van der Waals surface area contributed by atoms with Crippen LogP contribution in [0.4, 0.5) is 5.69 Å². The van der Waals surface area contributed by atoms with Crippen molar-refractivity contribution in [3.05, 3.63) is 113 Å². The Labute approximate surface area is 229 Å². The van der Waals surface area contributed by atoms with Crippen molar-refractivity contribution in [3.8, 4) is 5.75 Å². The van der Waals surface area contributed by atoms with Gasteiger partial charge < -0.3 is 4.74 Å². The number of carbonyl (C=O) groups excluding carboxylic acids is 1. The molecule has 0 aliphatic carbocycles. The van der Waals surface area contributed by atoms with E-state index >= 15 is 0 Å². The average Bonchev–Trinajstić information content (AvgIpc) is 3.23. The lowest BCUT2D eigenvalue weighted by atomic mass is 10.0. The van der Waals surface area contributed by atoms with Crippen molar-refractivity contribution < 1.29 is 9.53 Å². The van der Waals surface area contributed by atoms with Gasteiger partial charge in [-0.2, -0.15) is 0 Å². The van der Waals surface area contributed by atoms with Crippen molar-refractivity contribution in [3.63, 3.8) is 0 Å². The molecule has 5 heteroatoms. The predicted molar refractivity (Wildman–Crippen MR) is 160 cm³/mol. The Hall–Kier alpha value is -3.83. The number of hydrogen-bond donors (Lipinski definition) is 0. The van der Waals surface area contributed by atoms with Crippen LogP contribution >= 0.6 is 11.8 Å². The summed E-state index contributed by atoms with van der Waals surface area (Å²) in [5.74, 6) is 0.872. The van der Waals surface area contributed by atoms with E-state index in [1.807, 2.05) is 77.7 Å². The molecule has 1 saturated heterocycles. The quantitative estimate of drug-likeness (QED) is 0.165. The van der Waals surface area contributed by atoms with E-state index in [2.05, 4.69) is 38.1 Å². The van der Waals surface area contributed by atoms with Gasteiger partial charge in [-0.25, -0.2) is 4.99 Å². The summed E-state index contributed by atoms with van der Waals surface area (Å²) in [5, 5.41) is 2.84. The first-order chi connectivity index (χ1) is 18.6. The molecule has 38 heavy (non-hydrogen) atoms. The van der Waals surface area contributed by atoms with Crippen LogP contribution in [0.1, 0.15) is 36.5 Å².